The minimum atomic E-state index is -1.04. The van der Waals surface area contributed by atoms with E-state index in [9.17, 15) is 19.5 Å². The molecule has 1 fully saturated rings. The summed E-state index contributed by atoms with van der Waals surface area (Å²) in [7, 11) is 0. The van der Waals surface area contributed by atoms with E-state index in [0.29, 0.717) is 24.4 Å². The van der Waals surface area contributed by atoms with E-state index in [4.69, 9.17) is 10.5 Å². The van der Waals surface area contributed by atoms with Gasteiger partial charge >= 0.3 is 5.97 Å². The third kappa shape index (κ3) is 10.7. The van der Waals surface area contributed by atoms with Crippen molar-refractivity contribution in [2.45, 2.75) is 90.1 Å². The van der Waals surface area contributed by atoms with Crippen LogP contribution in [0.5, 0.6) is 5.75 Å². The Morgan fingerprint density at radius 2 is 1.53 bits per heavy atom. The lowest BCUT2D eigenvalue weighted by Gasteiger charge is -2.36. The van der Waals surface area contributed by atoms with Gasteiger partial charge in [-0.25, -0.2) is 9.97 Å². The summed E-state index contributed by atoms with van der Waals surface area (Å²) in [6, 6.07) is 21.5. The van der Waals surface area contributed by atoms with Crippen molar-refractivity contribution >= 4 is 17.8 Å². The molecule has 3 unspecified atom stereocenters. The maximum Gasteiger partial charge on any atom is 0.309 e. The van der Waals surface area contributed by atoms with Crippen LogP contribution >= 0.6 is 0 Å². The highest BCUT2D eigenvalue weighted by Crippen LogP contribution is 2.25. The summed E-state index contributed by atoms with van der Waals surface area (Å²) >= 11 is 0. The van der Waals surface area contributed by atoms with Crippen molar-refractivity contribution in [1.29, 1.82) is 0 Å². The highest BCUT2D eigenvalue weighted by atomic mass is 16.5. The molecule has 10 nitrogen and oxygen atoms in total. The maximum atomic E-state index is 13.9. The van der Waals surface area contributed by atoms with Crippen molar-refractivity contribution in [3.63, 3.8) is 0 Å². The molecule has 0 aliphatic carbocycles. The highest BCUT2D eigenvalue weighted by molar-refractivity contribution is 5.97. The molecule has 1 aliphatic heterocycles. The lowest BCUT2D eigenvalue weighted by atomic mass is 9.86. The molecule has 0 spiro atoms. The van der Waals surface area contributed by atoms with Gasteiger partial charge in [-0.2, -0.15) is 0 Å². The van der Waals surface area contributed by atoms with Crippen molar-refractivity contribution in [2.24, 2.45) is 11.7 Å². The number of piperidine rings is 1. The molecular formula is C43H53N5O5. The van der Waals surface area contributed by atoms with Gasteiger partial charge in [-0.1, -0.05) is 102 Å². The highest BCUT2D eigenvalue weighted by Gasteiger charge is 2.36. The monoisotopic (exact) mass is 719 g/mol. The van der Waals surface area contributed by atoms with Crippen LogP contribution in [0.25, 0.3) is 22.5 Å². The summed E-state index contributed by atoms with van der Waals surface area (Å²) in [4.78, 5) is 50.0. The van der Waals surface area contributed by atoms with Crippen LogP contribution < -0.4 is 15.8 Å². The lowest BCUT2D eigenvalue weighted by Crippen LogP contribution is -2.57. The molecule has 2 amide bonds. The van der Waals surface area contributed by atoms with Gasteiger partial charge in [0.05, 0.1) is 12.5 Å². The molecule has 2 heterocycles. The zero-order valence-corrected chi connectivity index (χ0v) is 31.4. The van der Waals surface area contributed by atoms with Crippen molar-refractivity contribution in [3.8, 4) is 28.3 Å². The number of hydrogen-bond acceptors (Lipinski definition) is 7. The standard InChI is InChI=1S/C43H53N5O5/c1-5-6-7-8-9-24-53-35-20-16-30(17-21-35)33-26-45-39(46-27-33)31-12-10-29(11-13-31)25-38(41(50)48-23-22-37(44)36(28-48)42(51)52)47-40(49)32-14-18-34(19-15-32)43(2,3)4/h10-21,26-27,36-38H,5-9,22-25,28,44H2,1-4H3,(H,47,49)(H,51,52). The molecule has 0 radical (unpaired) electrons. The third-order valence-corrected chi connectivity index (χ3v) is 9.92. The topological polar surface area (TPSA) is 148 Å². The van der Waals surface area contributed by atoms with Crippen LogP contribution in [0.15, 0.2) is 85.2 Å². The number of hydrogen-bond donors (Lipinski definition) is 3. The molecule has 1 aliphatic rings. The number of rotatable bonds is 15. The Bertz CT molecular complexity index is 1800. The van der Waals surface area contributed by atoms with Gasteiger partial charge in [0.1, 0.15) is 11.8 Å². The van der Waals surface area contributed by atoms with Gasteiger partial charge in [-0.15, -0.1) is 0 Å². The SMILES string of the molecule is CCCCCCCOc1ccc(-c2cnc(-c3ccc(CC(NC(=O)c4ccc(C(C)(C)C)cc4)C(=O)N4CCC(N)C(C(=O)O)C4)cc3)nc2)cc1. The average Bonchev–Trinajstić information content (AvgIpc) is 3.16. The fourth-order valence-electron chi connectivity index (χ4n) is 6.51. The van der Waals surface area contributed by atoms with Gasteiger partial charge in [-0.3, -0.25) is 14.4 Å². The van der Waals surface area contributed by atoms with Crippen LogP contribution in [0, 0.1) is 5.92 Å². The third-order valence-electron chi connectivity index (χ3n) is 9.92. The van der Waals surface area contributed by atoms with Gasteiger partial charge in [-0.05, 0) is 59.2 Å². The molecule has 1 saturated heterocycles. The molecule has 3 atom stereocenters. The van der Waals surface area contributed by atoms with Crippen LogP contribution in [-0.4, -0.2) is 69.5 Å². The number of aliphatic carboxylic acids is 1. The number of benzene rings is 3. The first-order chi connectivity index (χ1) is 25.4. The number of nitrogens with zero attached hydrogens (tertiary/aromatic N) is 3. The number of amides is 2. The second kappa shape index (κ2) is 18.1. The first-order valence-corrected chi connectivity index (χ1v) is 18.8. The summed E-state index contributed by atoms with van der Waals surface area (Å²) in [5, 5.41) is 12.6. The molecular weight excluding hydrogens is 667 g/mol. The van der Waals surface area contributed by atoms with E-state index in [2.05, 4.69) is 43.0 Å². The molecule has 1 aromatic heterocycles. The Labute approximate surface area is 313 Å². The number of aromatic nitrogens is 2. The summed E-state index contributed by atoms with van der Waals surface area (Å²) in [5.41, 5.74) is 11.0. The predicted molar refractivity (Wildman–Crippen MR) is 208 cm³/mol. The number of carboxylic acids is 1. The summed E-state index contributed by atoms with van der Waals surface area (Å²) in [6.45, 7) is 9.55. The largest absolute Gasteiger partial charge is 0.494 e. The Morgan fingerprint density at radius 1 is 0.887 bits per heavy atom. The van der Waals surface area contributed by atoms with Crippen LogP contribution in [-0.2, 0) is 21.4 Å². The van der Waals surface area contributed by atoms with Crippen molar-refractivity contribution in [2.75, 3.05) is 19.7 Å². The van der Waals surface area contributed by atoms with E-state index in [1.165, 1.54) is 30.6 Å². The van der Waals surface area contributed by atoms with E-state index in [-0.39, 0.29) is 30.2 Å². The number of nitrogens with two attached hydrogens (primary N) is 1. The molecule has 10 heteroatoms. The van der Waals surface area contributed by atoms with Crippen molar-refractivity contribution < 1.29 is 24.2 Å². The van der Waals surface area contributed by atoms with E-state index < -0.39 is 24.0 Å². The fraction of sp³-hybridized carbons (Fsp3) is 0.419. The van der Waals surface area contributed by atoms with Crippen LogP contribution in [0.4, 0.5) is 0 Å². The van der Waals surface area contributed by atoms with Gasteiger partial charge in [0.2, 0.25) is 5.91 Å². The summed E-state index contributed by atoms with van der Waals surface area (Å²) in [5.74, 6) is -1.21. The van der Waals surface area contributed by atoms with Gasteiger partial charge in [0.15, 0.2) is 5.82 Å². The van der Waals surface area contributed by atoms with Crippen molar-refractivity contribution in [3.05, 3.63) is 102 Å². The molecule has 0 saturated carbocycles. The number of unbranched alkanes of at least 4 members (excludes halogenated alkanes) is 4. The van der Waals surface area contributed by atoms with E-state index in [1.54, 1.807) is 24.5 Å². The molecule has 0 bridgehead atoms. The first kappa shape index (κ1) is 39.1. The Morgan fingerprint density at radius 3 is 2.15 bits per heavy atom. The number of carbonyl (C=O) groups is 3. The summed E-state index contributed by atoms with van der Waals surface area (Å²) in [6.07, 6.45) is 10.2. The fourth-order valence-corrected chi connectivity index (χ4v) is 6.51. The van der Waals surface area contributed by atoms with Crippen LogP contribution in [0.2, 0.25) is 0 Å². The smallest absolute Gasteiger partial charge is 0.309 e. The Balaban J connectivity index is 1.25. The summed E-state index contributed by atoms with van der Waals surface area (Å²) < 4.78 is 5.90. The molecule has 3 aromatic carbocycles. The lowest BCUT2D eigenvalue weighted by molar-refractivity contribution is -0.147. The predicted octanol–water partition coefficient (Wildman–Crippen LogP) is 7.06. The normalized spacial score (nSPS) is 16.5. The van der Waals surface area contributed by atoms with Gasteiger partial charge in [0.25, 0.3) is 5.91 Å². The number of nitrogens with one attached hydrogen (secondary N) is 1. The number of likely N-dealkylation sites (tertiary alicyclic amines) is 1. The first-order valence-electron chi connectivity index (χ1n) is 18.8. The second-order valence-corrected chi connectivity index (χ2v) is 15.0. The number of ether oxygens (including phenoxy) is 1. The molecule has 280 valence electrons. The van der Waals surface area contributed by atoms with Crippen LogP contribution in [0.1, 0.15) is 87.7 Å². The van der Waals surface area contributed by atoms with E-state index in [1.807, 2.05) is 60.7 Å². The van der Waals surface area contributed by atoms with E-state index in [0.717, 1.165) is 46.6 Å². The quantitative estimate of drug-likeness (QED) is 0.111. The minimum Gasteiger partial charge on any atom is -0.494 e. The maximum absolute atomic E-state index is 13.9. The van der Waals surface area contributed by atoms with Gasteiger partial charge < -0.3 is 25.8 Å². The average molecular weight is 720 g/mol. The van der Waals surface area contributed by atoms with Gasteiger partial charge in [0, 0.05) is 54.6 Å². The second-order valence-electron chi connectivity index (χ2n) is 15.0. The molecule has 53 heavy (non-hydrogen) atoms. The Hall–Kier alpha value is -5.09. The Kier molecular flexibility index (Phi) is 13.4. The number of carbonyl (C=O) groups excluding carboxylic acids is 2. The molecule has 4 N–H and O–H groups in total. The zero-order chi connectivity index (χ0) is 38.0. The van der Waals surface area contributed by atoms with Crippen molar-refractivity contribution in [1.82, 2.24) is 20.2 Å². The zero-order valence-electron chi connectivity index (χ0n) is 31.4. The molecule has 5 rings (SSSR count). The van der Waals surface area contributed by atoms with Crippen LogP contribution in [0.3, 0.4) is 0 Å². The molecule has 4 aromatic rings. The number of carboxylic acid groups (broad SMARTS) is 1. The van der Waals surface area contributed by atoms with E-state index >= 15 is 0 Å². The minimum absolute atomic E-state index is 0.00856.